The van der Waals surface area contributed by atoms with E-state index in [2.05, 4.69) is 10.1 Å². The first kappa shape index (κ1) is 13.2. The smallest absolute Gasteiger partial charge is 0.330 e. The van der Waals surface area contributed by atoms with Gasteiger partial charge in [-0.3, -0.25) is 18.7 Å². The first-order valence-corrected chi connectivity index (χ1v) is 5.01. The second kappa shape index (κ2) is 5.44. The predicted octanol–water partition coefficient (Wildman–Crippen LogP) is -1.65. The molecule has 0 aliphatic carbocycles. The van der Waals surface area contributed by atoms with Crippen LogP contribution >= 0.6 is 0 Å². The van der Waals surface area contributed by atoms with Gasteiger partial charge in [0.1, 0.15) is 0 Å². The number of hydrogen-bond acceptors (Lipinski definition) is 5. The lowest BCUT2D eigenvalue weighted by Gasteiger charge is -2.09. The molecule has 1 aromatic rings. The highest BCUT2D eigenvalue weighted by Gasteiger charge is 2.06. The topological polar surface area (TPSA) is 82.3 Å². The van der Waals surface area contributed by atoms with Gasteiger partial charge in [0.15, 0.2) is 0 Å². The fraction of sp³-hybridized carbons (Fsp3) is 0.500. The Morgan fingerprint density at radius 1 is 1.35 bits per heavy atom. The summed E-state index contributed by atoms with van der Waals surface area (Å²) in [6.45, 7) is 0.275. The van der Waals surface area contributed by atoms with Crippen molar-refractivity contribution in [2.24, 2.45) is 14.1 Å². The fourth-order valence-corrected chi connectivity index (χ4v) is 1.31. The van der Waals surface area contributed by atoms with E-state index in [0.717, 1.165) is 4.57 Å². The maximum Gasteiger partial charge on any atom is 0.330 e. The Bertz CT molecular complexity index is 529. The standard InChI is InChI=1S/C10H15N3O4/c1-12-7(5-11-6-9(15)17-3)4-8(14)13(2)10(12)16/h4,11H,5-6H2,1-3H3. The Morgan fingerprint density at radius 3 is 2.59 bits per heavy atom. The highest BCUT2D eigenvalue weighted by Crippen LogP contribution is 1.89. The van der Waals surface area contributed by atoms with Gasteiger partial charge in [-0.05, 0) is 0 Å². The summed E-state index contributed by atoms with van der Waals surface area (Å²) in [6.07, 6.45) is 0. The Labute approximate surface area is 97.6 Å². The van der Waals surface area contributed by atoms with Crippen molar-refractivity contribution in [3.63, 3.8) is 0 Å². The van der Waals surface area contributed by atoms with Crippen LogP contribution in [0, 0.1) is 0 Å². The Kier molecular flexibility index (Phi) is 4.22. The zero-order valence-corrected chi connectivity index (χ0v) is 10.0. The van der Waals surface area contributed by atoms with Gasteiger partial charge in [0, 0.05) is 32.4 Å². The van der Waals surface area contributed by atoms with Crippen LogP contribution in [0.4, 0.5) is 0 Å². The molecule has 1 rings (SSSR count). The number of ether oxygens (including phenoxy) is 1. The third-order valence-corrected chi connectivity index (χ3v) is 2.43. The average Bonchev–Trinajstić information content (AvgIpc) is 2.32. The molecule has 0 atom stereocenters. The number of hydrogen-bond donors (Lipinski definition) is 1. The highest BCUT2D eigenvalue weighted by atomic mass is 16.5. The number of carbonyl (C=O) groups is 1. The van der Waals surface area contributed by atoms with Crippen molar-refractivity contribution in [1.82, 2.24) is 14.5 Å². The van der Waals surface area contributed by atoms with E-state index in [9.17, 15) is 14.4 Å². The maximum atomic E-state index is 11.6. The minimum Gasteiger partial charge on any atom is -0.468 e. The lowest BCUT2D eigenvalue weighted by atomic mass is 10.4. The van der Waals surface area contributed by atoms with Crippen LogP contribution in [0.2, 0.25) is 0 Å². The van der Waals surface area contributed by atoms with Gasteiger partial charge in [-0.2, -0.15) is 0 Å². The summed E-state index contributed by atoms with van der Waals surface area (Å²) in [5.41, 5.74) is -0.252. The van der Waals surface area contributed by atoms with E-state index in [0.29, 0.717) is 5.69 Å². The van der Waals surface area contributed by atoms with Gasteiger partial charge in [0.05, 0.1) is 13.7 Å². The highest BCUT2D eigenvalue weighted by molar-refractivity contribution is 5.71. The molecule has 1 N–H and O–H groups in total. The van der Waals surface area contributed by atoms with Crippen LogP contribution in [0.1, 0.15) is 5.69 Å². The number of nitrogens with one attached hydrogen (secondary N) is 1. The van der Waals surface area contributed by atoms with E-state index >= 15 is 0 Å². The molecule has 0 aliphatic rings. The van der Waals surface area contributed by atoms with Crippen molar-refractivity contribution < 1.29 is 9.53 Å². The molecule has 0 aromatic carbocycles. The van der Waals surface area contributed by atoms with Crippen LogP contribution in [-0.4, -0.2) is 28.8 Å². The first-order valence-electron chi connectivity index (χ1n) is 5.01. The van der Waals surface area contributed by atoms with Crippen molar-refractivity contribution >= 4 is 5.97 Å². The van der Waals surface area contributed by atoms with E-state index < -0.39 is 11.7 Å². The first-order chi connectivity index (χ1) is 7.97. The van der Waals surface area contributed by atoms with Crippen LogP contribution < -0.4 is 16.6 Å². The molecule has 94 valence electrons. The van der Waals surface area contributed by atoms with Crippen LogP contribution in [0.25, 0.3) is 0 Å². The number of nitrogens with zero attached hydrogens (tertiary/aromatic N) is 2. The van der Waals surface area contributed by atoms with Gasteiger partial charge in [-0.25, -0.2) is 4.79 Å². The average molecular weight is 241 g/mol. The number of rotatable bonds is 4. The van der Waals surface area contributed by atoms with Crippen molar-refractivity contribution in [2.75, 3.05) is 13.7 Å². The maximum absolute atomic E-state index is 11.6. The van der Waals surface area contributed by atoms with E-state index in [4.69, 9.17) is 0 Å². The molecular weight excluding hydrogens is 226 g/mol. The molecule has 0 amide bonds. The molecule has 0 aliphatic heterocycles. The fourth-order valence-electron chi connectivity index (χ4n) is 1.31. The monoisotopic (exact) mass is 241 g/mol. The molecule has 0 fully saturated rings. The van der Waals surface area contributed by atoms with E-state index in [-0.39, 0.29) is 18.6 Å². The van der Waals surface area contributed by atoms with Crippen LogP contribution in [0.15, 0.2) is 15.7 Å². The van der Waals surface area contributed by atoms with Crippen LogP contribution in [0.5, 0.6) is 0 Å². The minimum absolute atomic E-state index is 0.0277. The van der Waals surface area contributed by atoms with Crippen molar-refractivity contribution in [1.29, 1.82) is 0 Å². The third-order valence-electron chi connectivity index (χ3n) is 2.43. The van der Waals surface area contributed by atoms with E-state index in [1.54, 1.807) is 7.05 Å². The predicted molar refractivity (Wildman–Crippen MR) is 60.6 cm³/mol. The molecule has 17 heavy (non-hydrogen) atoms. The second-order valence-electron chi connectivity index (χ2n) is 3.55. The number of esters is 1. The molecule has 7 heteroatoms. The molecule has 0 saturated carbocycles. The summed E-state index contributed by atoms with van der Waals surface area (Å²) in [7, 11) is 4.27. The Hall–Kier alpha value is -1.89. The van der Waals surface area contributed by atoms with E-state index in [1.165, 1.54) is 24.8 Å². The number of methoxy groups -OCH3 is 1. The van der Waals surface area contributed by atoms with Crippen LogP contribution in [-0.2, 0) is 30.2 Å². The Balaban J connectivity index is 2.83. The molecule has 0 unspecified atom stereocenters. The summed E-state index contributed by atoms with van der Waals surface area (Å²) >= 11 is 0. The van der Waals surface area contributed by atoms with Gasteiger partial charge in [-0.15, -0.1) is 0 Å². The third kappa shape index (κ3) is 3.04. The number of carbonyl (C=O) groups excluding carboxylic acids is 1. The van der Waals surface area contributed by atoms with Gasteiger partial charge in [-0.1, -0.05) is 0 Å². The molecule has 1 heterocycles. The summed E-state index contributed by atoms with van der Waals surface area (Å²) < 4.78 is 6.82. The SMILES string of the molecule is COC(=O)CNCc1cc(=O)n(C)c(=O)n1C. The Morgan fingerprint density at radius 2 is 2.00 bits per heavy atom. The van der Waals surface area contributed by atoms with Crippen molar-refractivity contribution in [2.45, 2.75) is 6.54 Å². The molecule has 7 nitrogen and oxygen atoms in total. The second-order valence-corrected chi connectivity index (χ2v) is 3.55. The molecule has 0 saturated heterocycles. The summed E-state index contributed by atoms with van der Waals surface area (Å²) in [4.78, 5) is 33.8. The summed E-state index contributed by atoms with van der Waals surface area (Å²) in [6, 6.07) is 1.35. The van der Waals surface area contributed by atoms with Crippen molar-refractivity contribution in [3.05, 3.63) is 32.6 Å². The molecule has 0 spiro atoms. The normalized spacial score (nSPS) is 10.3. The van der Waals surface area contributed by atoms with Gasteiger partial charge in [0.25, 0.3) is 5.56 Å². The zero-order valence-electron chi connectivity index (χ0n) is 10.0. The molecular formula is C10H15N3O4. The van der Waals surface area contributed by atoms with E-state index in [1.807, 2.05) is 0 Å². The van der Waals surface area contributed by atoms with Crippen LogP contribution in [0.3, 0.4) is 0 Å². The quantitative estimate of drug-likeness (QED) is 0.638. The van der Waals surface area contributed by atoms with Crippen molar-refractivity contribution in [3.8, 4) is 0 Å². The number of aromatic nitrogens is 2. The summed E-state index contributed by atoms with van der Waals surface area (Å²) in [5.74, 6) is -0.404. The largest absolute Gasteiger partial charge is 0.468 e. The summed E-state index contributed by atoms with van der Waals surface area (Å²) in [5, 5.41) is 2.78. The minimum atomic E-state index is -0.404. The molecule has 0 bridgehead atoms. The van der Waals surface area contributed by atoms with Gasteiger partial charge in [0.2, 0.25) is 0 Å². The lowest BCUT2D eigenvalue weighted by molar-refractivity contribution is -0.139. The zero-order chi connectivity index (χ0) is 13.0. The molecule has 1 aromatic heterocycles. The van der Waals surface area contributed by atoms with Gasteiger partial charge >= 0.3 is 11.7 Å². The lowest BCUT2D eigenvalue weighted by Crippen LogP contribution is -2.39. The molecule has 0 radical (unpaired) electrons. The van der Waals surface area contributed by atoms with Gasteiger partial charge < -0.3 is 10.1 Å².